The molecule has 0 amide bonds. The van der Waals surface area contributed by atoms with E-state index in [1.807, 2.05) is 43.1 Å². The first-order chi connectivity index (χ1) is 10.0. The van der Waals surface area contributed by atoms with Gasteiger partial charge in [0.1, 0.15) is 6.04 Å². The predicted molar refractivity (Wildman–Crippen MR) is 79.7 cm³/mol. The molecule has 2 aliphatic heterocycles. The summed E-state index contributed by atoms with van der Waals surface area (Å²) in [6, 6.07) is 7.82. The molecule has 0 aliphatic carbocycles. The first-order valence-electron chi connectivity index (χ1n) is 7.16. The van der Waals surface area contributed by atoms with Crippen molar-refractivity contribution in [2.24, 2.45) is 0 Å². The average Bonchev–Trinajstić information content (AvgIpc) is 2.66. The number of Topliss-reactive ketones (excluding diaryl/α,β-unsaturated/α-hetero) is 1. The highest BCUT2D eigenvalue weighted by Gasteiger charge is 2.47. The number of ether oxygens (including phenoxy) is 1. The molecule has 0 N–H and O–H groups in total. The lowest BCUT2D eigenvalue weighted by Gasteiger charge is -2.33. The molecule has 1 fully saturated rings. The van der Waals surface area contributed by atoms with Gasteiger partial charge >= 0.3 is 5.97 Å². The van der Waals surface area contributed by atoms with Crippen molar-refractivity contribution in [3.63, 3.8) is 0 Å². The number of methoxy groups -OCH3 is 1. The molecule has 4 nitrogen and oxygen atoms in total. The molecule has 4 heteroatoms. The van der Waals surface area contributed by atoms with Gasteiger partial charge in [-0.05, 0) is 31.5 Å². The smallest absolute Gasteiger partial charge is 0.336 e. The molecule has 2 atom stereocenters. The molecule has 2 bridgehead atoms. The Labute approximate surface area is 124 Å². The van der Waals surface area contributed by atoms with Crippen LogP contribution in [0.1, 0.15) is 24.0 Å². The molecule has 0 unspecified atom stereocenters. The Morgan fingerprint density at radius 2 is 1.90 bits per heavy atom. The summed E-state index contributed by atoms with van der Waals surface area (Å²) < 4.78 is 4.94. The molecule has 0 aromatic heterocycles. The van der Waals surface area contributed by atoms with E-state index in [-0.39, 0.29) is 11.8 Å². The second-order valence-corrected chi connectivity index (χ2v) is 5.85. The van der Waals surface area contributed by atoms with E-state index in [1.54, 1.807) is 0 Å². The van der Waals surface area contributed by atoms with Crippen LogP contribution in [0.2, 0.25) is 0 Å². The number of rotatable bonds is 2. The second-order valence-electron chi connectivity index (χ2n) is 5.85. The highest BCUT2D eigenvalue weighted by atomic mass is 16.5. The number of fused-ring (bicyclic) bond motifs is 2. The van der Waals surface area contributed by atoms with Gasteiger partial charge in [0.15, 0.2) is 5.78 Å². The average molecular weight is 285 g/mol. The highest BCUT2D eigenvalue weighted by molar-refractivity contribution is 6.08. The summed E-state index contributed by atoms with van der Waals surface area (Å²) in [5, 5.41) is 0. The van der Waals surface area contributed by atoms with Crippen molar-refractivity contribution in [2.45, 2.75) is 31.8 Å². The molecule has 1 aromatic carbocycles. The standard InChI is InChI=1S/C17H19NO3/c1-10-4-6-11(7-5-10)13-8-12-9-14(19)16(18(12)2)15(13)17(20)21-3/h4-7,12,16H,8-9H2,1-3H3/t12-,16-/m1/s1. The number of carbonyl (C=O) groups is 2. The van der Waals surface area contributed by atoms with Crippen LogP contribution in [-0.4, -0.2) is 42.9 Å². The van der Waals surface area contributed by atoms with Crippen molar-refractivity contribution < 1.29 is 14.3 Å². The summed E-state index contributed by atoms with van der Waals surface area (Å²) >= 11 is 0. The Hall–Kier alpha value is -1.94. The van der Waals surface area contributed by atoms with Crippen LogP contribution in [0.4, 0.5) is 0 Å². The normalized spacial score (nSPS) is 25.4. The molecular formula is C17H19NO3. The Kier molecular flexibility index (Phi) is 3.41. The Bertz CT molecular complexity index is 630. The van der Waals surface area contributed by atoms with Crippen LogP contribution in [0.3, 0.4) is 0 Å². The highest BCUT2D eigenvalue weighted by Crippen LogP contribution is 2.40. The Morgan fingerprint density at radius 3 is 2.52 bits per heavy atom. The first kappa shape index (κ1) is 14.0. The third-order valence-corrected chi connectivity index (χ3v) is 4.57. The van der Waals surface area contributed by atoms with Crippen LogP contribution in [0, 0.1) is 6.92 Å². The van der Waals surface area contributed by atoms with E-state index in [1.165, 1.54) is 12.7 Å². The minimum atomic E-state index is -0.451. The molecule has 0 radical (unpaired) electrons. The van der Waals surface area contributed by atoms with Crippen LogP contribution in [0.25, 0.3) is 5.57 Å². The number of likely N-dealkylation sites (N-methyl/N-ethyl adjacent to an activating group) is 1. The van der Waals surface area contributed by atoms with Crippen molar-refractivity contribution >= 4 is 17.3 Å². The molecule has 0 saturated carbocycles. The van der Waals surface area contributed by atoms with E-state index in [9.17, 15) is 9.59 Å². The van der Waals surface area contributed by atoms with E-state index in [0.717, 1.165) is 11.1 Å². The van der Waals surface area contributed by atoms with Crippen LogP contribution < -0.4 is 0 Å². The van der Waals surface area contributed by atoms with E-state index in [0.29, 0.717) is 18.4 Å². The second kappa shape index (κ2) is 5.11. The van der Waals surface area contributed by atoms with Gasteiger partial charge in [-0.1, -0.05) is 29.8 Å². The summed E-state index contributed by atoms with van der Waals surface area (Å²) in [7, 11) is 3.28. The quantitative estimate of drug-likeness (QED) is 0.779. The van der Waals surface area contributed by atoms with Crippen LogP contribution in [0.15, 0.2) is 29.8 Å². The third kappa shape index (κ3) is 2.20. The zero-order chi connectivity index (χ0) is 15.1. The monoisotopic (exact) mass is 285 g/mol. The zero-order valence-electron chi connectivity index (χ0n) is 12.6. The van der Waals surface area contributed by atoms with E-state index in [4.69, 9.17) is 4.74 Å². The number of nitrogens with zero attached hydrogens (tertiary/aromatic N) is 1. The number of aryl methyl sites for hydroxylation is 1. The van der Waals surface area contributed by atoms with Gasteiger partial charge in [-0.25, -0.2) is 4.79 Å². The Balaban J connectivity index is 2.15. The maximum atomic E-state index is 12.2. The van der Waals surface area contributed by atoms with E-state index < -0.39 is 12.0 Å². The fraction of sp³-hybridized carbons (Fsp3) is 0.412. The van der Waals surface area contributed by atoms with E-state index in [2.05, 4.69) is 0 Å². The van der Waals surface area contributed by atoms with Crippen LogP contribution in [0.5, 0.6) is 0 Å². The lowest BCUT2D eigenvalue weighted by Crippen LogP contribution is -2.42. The van der Waals surface area contributed by atoms with E-state index >= 15 is 0 Å². The van der Waals surface area contributed by atoms with Gasteiger partial charge in [-0.3, -0.25) is 9.69 Å². The maximum Gasteiger partial charge on any atom is 0.336 e. The molecular weight excluding hydrogens is 266 g/mol. The number of benzene rings is 1. The van der Waals surface area contributed by atoms with Gasteiger partial charge in [0.2, 0.25) is 0 Å². The number of esters is 1. The molecule has 0 spiro atoms. The molecule has 2 heterocycles. The van der Waals surface area contributed by atoms with Gasteiger partial charge in [-0.2, -0.15) is 0 Å². The predicted octanol–water partition coefficient (Wildman–Crippen LogP) is 1.97. The minimum Gasteiger partial charge on any atom is -0.466 e. The summed E-state index contributed by atoms with van der Waals surface area (Å²) in [6.45, 7) is 2.03. The van der Waals surface area contributed by atoms with Crippen molar-refractivity contribution in [1.82, 2.24) is 4.90 Å². The van der Waals surface area contributed by atoms with Crippen molar-refractivity contribution in [1.29, 1.82) is 0 Å². The maximum absolute atomic E-state index is 12.2. The fourth-order valence-electron chi connectivity index (χ4n) is 3.39. The lowest BCUT2D eigenvalue weighted by atomic mass is 9.88. The molecule has 110 valence electrons. The molecule has 3 rings (SSSR count). The lowest BCUT2D eigenvalue weighted by molar-refractivity contribution is -0.137. The number of hydrogen-bond acceptors (Lipinski definition) is 4. The first-order valence-corrected chi connectivity index (χ1v) is 7.16. The molecule has 1 saturated heterocycles. The van der Waals surface area contributed by atoms with Gasteiger partial charge in [0.25, 0.3) is 0 Å². The van der Waals surface area contributed by atoms with Gasteiger partial charge in [0, 0.05) is 12.5 Å². The Morgan fingerprint density at radius 1 is 1.24 bits per heavy atom. The fourth-order valence-corrected chi connectivity index (χ4v) is 3.39. The van der Waals surface area contributed by atoms with Gasteiger partial charge in [0.05, 0.1) is 12.7 Å². The summed E-state index contributed by atoms with van der Waals surface area (Å²) in [5.41, 5.74) is 3.66. The molecule has 2 aliphatic rings. The summed E-state index contributed by atoms with van der Waals surface area (Å²) in [6.07, 6.45) is 1.23. The number of carbonyl (C=O) groups excluding carboxylic acids is 2. The van der Waals surface area contributed by atoms with Gasteiger partial charge < -0.3 is 4.74 Å². The van der Waals surface area contributed by atoms with Gasteiger partial charge in [-0.15, -0.1) is 0 Å². The van der Waals surface area contributed by atoms with Crippen LogP contribution >= 0.6 is 0 Å². The van der Waals surface area contributed by atoms with Crippen molar-refractivity contribution in [3.8, 4) is 0 Å². The summed E-state index contributed by atoms with van der Waals surface area (Å²) in [5.74, 6) is -0.277. The molecule has 1 aromatic rings. The largest absolute Gasteiger partial charge is 0.466 e. The third-order valence-electron chi connectivity index (χ3n) is 4.57. The SMILES string of the molecule is COC(=O)C1=C(c2ccc(C)cc2)C[C@@H]2CC(=O)[C@H]1N2C. The van der Waals surface area contributed by atoms with Crippen LogP contribution in [-0.2, 0) is 14.3 Å². The topological polar surface area (TPSA) is 46.6 Å². The summed E-state index contributed by atoms with van der Waals surface area (Å²) in [4.78, 5) is 26.5. The zero-order valence-corrected chi connectivity index (χ0v) is 12.6. The number of hydrogen-bond donors (Lipinski definition) is 0. The number of ketones is 1. The van der Waals surface area contributed by atoms with Crippen molar-refractivity contribution in [2.75, 3.05) is 14.2 Å². The minimum absolute atomic E-state index is 0.116. The molecule has 21 heavy (non-hydrogen) atoms. The van der Waals surface area contributed by atoms with Crippen molar-refractivity contribution in [3.05, 3.63) is 41.0 Å².